The maximum absolute atomic E-state index is 3.64. The Labute approximate surface area is 98.2 Å². The van der Waals surface area contributed by atoms with Crippen molar-refractivity contribution in [1.82, 2.24) is 10.2 Å². The summed E-state index contributed by atoms with van der Waals surface area (Å²) in [6.07, 6.45) is 4.21. The highest BCUT2D eigenvalue weighted by Crippen LogP contribution is 2.23. The van der Waals surface area contributed by atoms with Crippen LogP contribution in [-0.2, 0) is 0 Å². The van der Waals surface area contributed by atoms with E-state index in [0.717, 1.165) is 18.1 Å². The van der Waals surface area contributed by atoms with E-state index in [1.807, 2.05) is 0 Å². The number of hydrogen-bond acceptors (Lipinski definition) is 3. The summed E-state index contributed by atoms with van der Waals surface area (Å²) in [6.45, 7) is 7.25. The van der Waals surface area contributed by atoms with Gasteiger partial charge in [0, 0.05) is 42.7 Å². The van der Waals surface area contributed by atoms with Gasteiger partial charge in [-0.2, -0.15) is 11.8 Å². The lowest BCUT2D eigenvalue weighted by Gasteiger charge is -2.41. The lowest BCUT2D eigenvalue weighted by molar-refractivity contribution is 0.0938. The van der Waals surface area contributed by atoms with E-state index < -0.39 is 0 Å². The predicted octanol–water partition coefficient (Wildman–Crippen LogP) is 1.95. The Morgan fingerprint density at radius 3 is 2.60 bits per heavy atom. The molecule has 3 unspecified atom stereocenters. The molecule has 2 fully saturated rings. The Morgan fingerprint density at radius 2 is 2.00 bits per heavy atom. The van der Waals surface area contributed by atoms with E-state index in [0.29, 0.717) is 0 Å². The average molecular weight is 228 g/mol. The largest absolute Gasteiger partial charge is 0.311 e. The van der Waals surface area contributed by atoms with E-state index in [4.69, 9.17) is 0 Å². The first-order valence-electron chi connectivity index (χ1n) is 6.34. The van der Waals surface area contributed by atoms with E-state index in [1.165, 1.54) is 43.9 Å². The Hall–Kier alpha value is 0.270. The van der Waals surface area contributed by atoms with Crippen LogP contribution in [-0.4, -0.2) is 47.6 Å². The van der Waals surface area contributed by atoms with Crippen molar-refractivity contribution in [2.45, 2.75) is 51.2 Å². The molecule has 0 saturated carbocycles. The third-order valence-electron chi connectivity index (χ3n) is 3.81. The lowest BCUT2D eigenvalue weighted by atomic mass is 9.97. The number of rotatable bonds is 2. The van der Waals surface area contributed by atoms with Crippen molar-refractivity contribution < 1.29 is 0 Å². The minimum atomic E-state index is 0.728. The van der Waals surface area contributed by atoms with Crippen LogP contribution < -0.4 is 5.32 Å². The van der Waals surface area contributed by atoms with Crippen molar-refractivity contribution in [3.63, 3.8) is 0 Å². The summed E-state index contributed by atoms with van der Waals surface area (Å²) in [5.41, 5.74) is 0. The van der Waals surface area contributed by atoms with Gasteiger partial charge in [-0.25, -0.2) is 0 Å². The quantitative estimate of drug-likeness (QED) is 0.778. The van der Waals surface area contributed by atoms with Gasteiger partial charge in [0.2, 0.25) is 0 Å². The van der Waals surface area contributed by atoms with Gasteiger partial charge >= 0.3 is 0 Å². The number of thioether (sulfide) groups is 1. The smallest absolute Gasteiger partial charge is 0.0286 e. The standard InChI is InChI=1S/C12H24N2S/c1-10-4-3-5-11(2)14(10)8-12-9-15-7-6-13-12/h10-13H,3-9H2,1-2H3. The molecule has 0 bridgehead atoms. The topological polar surface area (TPSA) is 15.3 Å². The van der Waals surface area contributed by atoms with Crippen LogP contribution in [0.1, 0.15) is 33.1 Å². The third-order valence-corrected chi connectivity index (χ3v) is 4.94. The SMILES string of the molecule is CC1CCCC(C)N1CC1CSCCN1. The van der Waals surface area contributed by atoms with Crippen molar-refractivity contribution in [3.8, 4) is 0 Å². The highest BCUT2D eigenvalue weighted by atomic mass is 32.2. The molecule has 2 aliphatic rings. The Kier molecular flexibility index (Phi) is 4.35. The number of hydrogen-bond donors (Lipinski definition) is 1. The van der Waals surface area contributed by atoms with Crippen LogP contribution in [0.3, 0.4) is 0 Å². The van der Waals surface area contributed by atoms with Crippen LogP contribution in [0.15, 0.2) is 0 Å². The maximum Gasteiger partial charge on any atom is 0.0286 e. The molecule has 2 rings (SSSR count). The predicted molar refractivity (Wildman–Crippen MR) is 68.6 cm³/mol. The molecule has 0 aromatic heterocycles. The van der Waals surface area contributed by atoms with Gasteiger partial charge in [0.25, 0.3) is 0 Å². The molecule has 2 aliphatic heterocycles. The summed E-state index contributed by atoms with van der Waals surface area (Å²) in [6, 6.07) is 2.32. The summed E-state index contributed by atoms with van der Waals surface area (Å²) in [5, 5.41) is 3.64. The fourth-order valence-corrected chi connectivity index (χ4v) is 3.76. The molecule has 1 N–H and O–H groups in total. The Morgan fingerprint density at radius 1 is 1.27 bits per heavy atom. The molecule has 0 aliphatic carbocycles. The molecule has 0 spiro atoms. The lowest BCUT2D eigenvalue weighted by Crippen LogP contribution is -2.52. The number of likely N-dealkylation sites (tertiary alicyclic amines) is 1. The first-order chi connectivity index (χ1) is 7.27. The zero-order valence-electron chi connectivity index (χ0n) is 10.0. The van der Waals surface area contributed by atoms with Crippen LogP contribution in [0, 0.1) is 0 Å². The van der Waals surface area contributed by atoms with E-state index >= 15 is 0 Å². The maximum atomic E-state index is 3.64. The molecule has 3 heteroatoms. The monoisotopic (exact) mass is 228 g/mol. The second-order valence-electron chi connectivity index (χ2n) is 5.05. The van der Waals surface area contributed by atoms with Gasteiger partial charge in [-0.1, -0.05) is 6.42 Å². The van der Waals surface area contributed by atoms with Crippen molar-refractivity contribution in [2.75, 3.05) is 24.6 Å². The molecule has 0 amide bonds. The normalized spacial score (nSPS) is 39.2. The molecule has 2 saturated heterocycles. The van der Waals surface area contributed by atoms with Gasteiger partial charge < -0.3 is 5.32 Å². The second-order valence-corrected chi connectivity index (χ2v) is 6.20. The summed E-state index contributed by atoms with van der Waals surface area (Å²) in [5.74, 6) is 2.59. The summed E-state index contributed by atoms with van der Waals surface area (Å²) >= 11 is 2.10. The summed E-state index contributed by atoms with van der Waals surface area (Å²) in [7, 11) is 0. The van der Waals surface area contributed by atoms with Gasteiger partial charge in [0.05, 0.1) is 0 Å². The number of piperidine rings is 1. The summed E-state index contributed by atoms with van der Waals surface area (Å²) in [4.78, 5) is 2.72. The highest BCUT2D eigenvalue weighted by Gasteiger charge is 2.27. The third kappa shape index (κ3) is 3.11. The molecule has 15 heavy (non-hydrogen) atoms. The number of nitrogens with one attached hydrogen (secondary N) is 1. The van der Waals surface area contributed by atoms with E-state index in [1.54, 1.807) is 0 Å². The molecular formula is C12H24N2S. The fraction of sp³-hybridized carbons (Fsp3) is 1.00. The van der Waals surface area contributed by atoms with Crippen molar-refractivity contribution in [1.29, 1.82) is 0 Å². The van der Waals surface area contributed by atoms with Crippen LogP contribution >= 0.6 is 11.8 Å². The van der Waals surface area contributed by atoms with Gasteiger partial charge in [-0.05, 0) is 26.7 Å². The van der Waals surface area contributed by atoms with Crippen LogP contribution in [0.2, 0.25) is 0 Å². The Bertz CT molecular complexity index is 182. The minimum Gasteiger partial charge on any atom is -0.311 e. The second kappa shape index (κ2) is 5.55. The zero-order chi connectivity index (χ0) is 10.7. The van der Waals surface area contributed by atoms with Crippen LogP contribution in [0.25, 0.3) is 0 Å². The van der Waals surface area contributed by atoms with Crippen molar-refractivity contribution >= 4 is 11.8 Å². The average Bonchev–Trinajstić information content (AvgIpc) is 2.25. The summed E-state index contributed by atoms with van der Waals surface area (Å²) < 4.78 is 0. The fourth-order valence-electron chi connectivity index (χ4n) is 2.83. The molecule has 0 aromatic carbocycles. The highest BCUT2D eigenvalue weighted by molar-refractivity contribution is 7.99. The molecule has 3 atom stereocenters. The van der Waals surface area contributed by atoms with Gasteiger partial charge in [-0.15, -0.1) is 0 Å². The van der Waals surface area contributed by atoms with E-state index in [2.05, 4.69) is 35.8 Å². The van der Waals surface area contributed by atoms with Crippen LogP contribution in [0.5, 0.6) is 0 Å². The zero-order valence-corrected chi connectivity index (χ0v) is 10.9. The molecule has 88 valence electrons. The van der Waals surface area contributed by atoms with Crippen molar-refractivity contribution in [3.05, 3.63) is 0 Å². The molecule has 2 heterocycles. The van der Waals surface area contributed by atoms with E-state index in [-0.39, 0.29) is 0 Å². The first kappa shape index (κ1) is 11.7. The molecular weight excluding hydrogens is 204 g/mol. The van der Waals surface area contributed by atoms with Gasteiger partial charge in [0.15, 0.2) is 0 Å². The van der Waals surface area contributed by atoms with Crippen LogP contribution in [0.4, 0.5) is 0 Å². The van der Waals surface area contributed by atoms with Gasteiger partial charge in [-0.3, -0.25) is 4.90 Å². The minimum absolute atomic E-state index is 0.728. The Balaban J connectivity index is 1.84. The van der Waals surface area contributed by atoms with Crippen molar-refractivity contribution in [2.24, 2.45) is 0 Å². The van der Waals surface area contributed by atoms with E-state index in [9.17, 15) is 0 Å². The van der Waals surface area contributed by atoms with Gasteiger partial charge in [0.1, 0.15) is 0 Å². The first-order valence-corrected chi connectivity index (χ1v) is 7.49. The number of nitrogens with zero attached hydrogens (tertiary/aromatic N) is 1. The molecule has 0 aromatic rings. The molecule has 0 radical (unpaired) electrons. The molecule has 2 nitrogen and oxygen atoms in total.